The number of rotatable bonds is 2. The third-order valence-electron chi connectivity index (χ3n) is 2.43. The first kappa shape index (κ1) is 16.9. The molecule has 3 heteroatoms. The Morgan fingerprint density at radius 1 is 1.11 bits per heavy atom. The van der Waals surface area contributed by atoms with Crippen LogP contribution in [0.5, 0.6) is 5.75 Å². The molecule has 1 aromatic carbocycles. The van der Waals surface area contributed by atoms with E-state index in [2.05, 4.69) is 17.6 Å². The predicted octanol–water partition coefficient (Wildman–Crippen LogP) is 2.55. The molecule has 18 heavy (non-hydrogen) atoms. The number of aromatic hydroxyl groups is 1. The lowest BCUT2D eigenvalue weighted by atomic mass is 10.1. The maximum absolute atomic E-state index is 8.92. The summed E-state index contributed by atoms with van der Waals surface area (Å²) in [5.74, 6) is 0.347. The van der Waals surface area contributed by atoms with Crippen molar-refractivity contribution in [3.63, 3.8) is 0 Å². The van der Waals surface area contributed by atoms with Crippen molar-refractivity contribution in [2.45, 2.75) is 32.6 Å². The van der Waals surface area contributed by atoms with Gasteiger partial charge in [-0.3, -0.25) is 0 Å². The molecule has 0 unspecified atom stereocenters. The van der Waals surface area contributed by atoms with E-state index in [1.165, 1.54) is 31.5 Å². The van der Waals surface area contributed by atoms with E-state index in [0.29, 0.717) is 5.75 Å². The fourth-order valence-electron chi connectivity index (χ4n) is 1.58. The van der Waals surface area contributed by atoms with Crippen LogP contribution in [0.2, 0.25) is 0 Å². The highest BCUT2D eigenvalue weighted by Gasteiger charge is 1.93. The van der Waals surface area contributed by atoms with Gasteiger partial charge in [-0.05, 0) is 64.1 Å². The average molecular weight is 252 g/mol. The molecule has 1 aliphatic heterocycles. The summed E-state index contributed by atoms with van der Waals surface area (Å²) in [5.41, 5.74) is 1.29. The van der Waals surface area contributed by atoms with E-state index >= 15 is 0 Å². The van der Waals surface area contributed by atoms with Crippen molar-refractivity contribution in [1.82, 2.24) is 10.6 Å². The molecule has 0 saturated carbocycles. The highest BCUT2D eigenvalue weighted by Crippen LogP contribution is 2.10. The van der Waals surface area contributed by atoms with Gasteiger partial charge in [-0.2, -0.15) is 0 Å². The van der Waals surface area contributed by atoms with E-state index in [-0.39, 0.29) is 0 Å². The van der Waals surface area contributed by atoms with Crippen LogP contribution in [-0.4, -0.2) is 32.3 Å². The molecule has 1 fully saturated rings. The van der Waals surface area contributed by atoms with Crippen molar-refractivity contribution < 1.29 is 5.11 Å². The van der Waals surface area contributed by atoms with Crippen LogP contribution in [-0.2, 0) is 6.42 Å². The Hall–Kier alpha value is -1.06. The Morgan fingerprint density at radius 2 is 1.61 bits per heavy atom. The van der Waals surface area contributed by atoms with Gasteiger partial charge in [-0.15, -0.1) is 0 Å². The minimum atomic E-state index is 0.347. The molecule has 104 valence electrons. The van der Waals surface area contributed by atoms with Crippen molar-refractivity contribution in [3.8, 4) is 5.75 Å². The second kappa shape index (κ2) is 12.4. The van der Waals surface area contributed by atoms with E-state index in [9.17, 15) is 0 Å². The van der Waals surface area contributed by atoms with Gasteiger partial charge < -0.3 is 15.7 Å². The van der Waals surface area contributed by atoms with E-state index in [1.807, 2.05) is 26.2 Å². The van der Waals surface area contributed by atoms with Crippen LogP contribution in [0.15, 0.2) is 24.3 Å². The summed E-state index contributed by atoms with van der Waals surface area (Å²) in [6.07, 6.45) is 5.03. The van der Waals surface area contributed by atoms with Crippen LogP contribution < -0.4 is 10.6 Å². The molecule has 2 rings (SSSR count). The summed E-state index contributed by atoms with van der Waals surface area (Å²) in [6.45, 7) is 4.65. The van der Waals surface area contributed by atoms with Gasteiger partial charge in [0.25, 0.3) is 0 Å². The van der Waals surface area contributed by atoms with Crippen molar-refractivity contribution in [2.24, 2.45) is 0 Å². The fourth-order valence-corrected chi connectivity index (χ4v) is 1.58. The normalized spacial score (nSPS) is 13.1. The molecule has 0 bridgehead atoms. The largest absolute Gasteiger partial charge is 0.508 e. The zero-order valence-electron chi connectivity index (χ0n) is 12.0. The summed E-state index contributed by atoms with van der Waals surface area (Å²) in [7, 11) is 3.75. The van der Waals surface area contributed by atoms with Crippen molar-refractivity contribution in [2.75, 3.05) is 27.2 Å². The SMILES string of the molecule is C1CCNC1.CCCc1ccc(O)cc1.CNC. The van der Waals surface area contributed by atoms with Gasteiger partial charge in [0.05, 0.1) is 0 Å². The Labute approximate surface area is 112 Å². The number of aryl methyl sites for hydroxylation is 1. The topological polar surface area (TPSA) is 44.3 Å². The van der Waals surface area contributed by atoms with Gasteiger partial charge in [0.2, 0.25) is 0 Å². The Morgan fingerprint density at radius 3 is 1.94 bits per heavy atom. The molecule has 3 nitrogen and oxygen atoms in total. The molecule has 1 heterocycles. The zero-order chi connectivity index (χ0) is 13.6. The molecule has 0 spiro atoms. The van der Waals surface area contributed by atoms with Gasteiger partial charge in [0, 0.05) is 0 Å². The lowest BCUT2D eigenvalue weighted by Gasteiger charge is -1.96. The van der Waals surface area contributed by atoms with Crippen LogP contribution in [0, 0.1) is 0 Å². The minimum Gasteiger partial charge on any atom is -0.508 e. The maximum Gasteiger partial charge on any atom is 0.115 e. The van der Waals surface area contributed by atoms with Crippen LogP contribution >= 0.6 is 0 Å². The standard InChI is InChI=1S/C9H12O.C4H9N.C2H7N/c1-2-3-8-4-6-9(10)7-5-8;1-2-4-5-3-1;1-3-2/h4-7,10H,2-3H2,1H3;5H,1-4H2;3H,1-2H3. The van der Waals surface area contributed by atoms with Crippen molar-refractivity contribution >= 4 is 0 Å². The molecule has 0 radical (unpaired) electrons. The molecule has 3 N–H and O–H groups in total. The first-order chi connectivity index (χ1) is 8.74. The number of nitrogens with one attached hydrogen (secondary N) is 2. The monoisotopic (exact) mass is 252 g/mol. The van der Waals surface area contributed by atoms with Gasteiger partial charge in [0.1, 0.15) is 5.75 Å². The van der Waals surface area contributed by atoms with Gasteiger partial charge in [-0.1, -0.05) is 25.5 Å². The molecule has 0 atom stereocenters. The lowest BCUT2D eigenvalue weighted by molar-refractivity contribution is 0.475. The second-order valence-corrected chi connectivity index (χ2v) is 4.37. The Balaban J connectivity index is 0.000000301. The number of hydrogen-bond acceptors (Lipinski definition) is 3. The minimum absolute atomic E-state index is 0.347. The highest BCUT2D eigenvalue weighted by molar-refractivity contribution is 5.25. The van der Waals surface area contributed by atoms with Crippen LogP contribution in [0.3, 0.4) is 0 Å². The molecule has 0 amide bonds. The van der Waals surface area contributed by atoms with Gasteiger partial charge in [0.15, 0.2) is 0 Å². The molecular weight excluding hydrogens is 224 g/mol. The third kappa shape index (κ3) is 10.1. The van der Waals surface area contributed by atoms with Crippen LogP contribution in [0.4, 0.5) is 0 Å². The fraction of sp³-hybridized carbons (Fsp3) is 0.600. The van der Waals surface area contributed by atoms with E-state index in [1.54, 1.807) is 12.1 Å². The second-order valence-electron chi connectivity index (χ2n) is 4.37. The summed E-state index contributed by atoms with van der Waals surface area (Å²) < 4.78 is 0. The predicted molar refractivity (Wildman–Crippen MR) is 79.2 cm³/mol. The quantitative estimate of drug-likeness (QED) is 0.758. The number of phenols is 1. The molecular formula is C15H28N2O. The summed E-state index contributed by atoms with van der Waals surface area (Å²) >= 11 is 0. The number of hydrogen-bond donors (Lipinski definition) is 3. The first-order valence-electron chi connectivity index (χ1n) is 6.81. The summed E-state index contributed by atoms with van der Waals surface area (Å²) in [4.78, 5) is 0. The highest BCUT2D eigenvalue weighted by atomic mass is 16.3. The maximum atomic E-state index is 8.92. The number of benzene rings is 1. The van der Waals surface area contributed by atoms with Crippen molar-refractivity contribution in [3.05, 3.63) is 29.8 Å². The van der Waals surface area contributed by atoms with Gasteiger partial charge in [-0.25, -0.2) is 0 Å². The third-order valence-corrected chi connectivity index (χ3v) is 2.43. The Bertz CT molecular complexity index is 261. The van der Waals surface area contributed by atoms with Crippen LogP contribution in [0.25, 0.3) is 0 Å². The molecule has 1 saturated heterocycles. The summed E-state index contributed by atoms with van der Waals surface area (Å²) in [5, 5.41) is 14.9. The zero-order valence-corrected chi connectivity index (χ0v) is 12.0. The molecule has 1 aromatic rings. The Kier molecular flexibility index (Phi) is 11.7. The number of phenolic OH excluding ortho intramolecular Hbond substituents is 1. The van der Waals surface area contributed by atoms with E-state index < -0.39 is 0 Å². The van der Waals surface area contributed by atoms with Crippen molar-refractivity contribution in [1.29, 1.82) is 0 Å². The molecule has 1 aliphatic rings. The van der Waals surface area contributed by atoms with E-state index in [0.717, 1.165) is 12.8 Å². The first-order valence-corrected chi connectivity index (χ1v) is 6.81. The van der Waals surface area contributed by atoms with Crippen LogP contribution in [0.1, 0.15) is 31.7 Å². The average Bonchev–Trinajstić information content (AvgIpc) is 2.92. The molecule has 0 aromatic heterocycles. The lowest BCUT2D eigenvalue weighted by Crippen LogP contribution is -2.03. The van der Waals surface area contributed by atoms with Gasteiger partial charge >= 0.3 is 0 Å². The molecule has 0 aliphatic carbocycles. The smallest absolute Gasteiger partial charge is 0.115 e. The summed E-state index contributed by atoms with van der Waals surface area (Å²) in [6, 6.07) is 7.37. The van der Waals surface area contributed by atoms with E-state index in [4.69, 9.17) is 5.11 Å².